The Morgan fingerprint density at radius 3 is 2.89 bits per heavy atom. The Morgan fingerprint density at radius 1 is 1.35 bits per heavy atom. The summed E-state index contributed by atoms with van der Waals surface area (Å²) >= 11 is 1.35. The molecule has 2 aromatic heterocycles. The molecule has 0 radical (unpaired) electrons. The van der Waals surface area contributed by atoms with Crippen LogP contribution in [-0.2, 0) is 11.3 Å². The molecule has 7 nitrogen and oxygen atoms in total. The standard InChI is InChI=1S/C28H28FN3O4S/c1-3-4-5-6-15(2)24-20(26(36-31-24)16-7-8-16)14-35-22-12-19-9-18(22)13-32(19)28-30-25-21(29)10-17(27(33)34)11-23(25)37-28/h3-6,10-11,16,18-19,22H,1,7-9,12-14H2,2H3,(H,33,34)/b5-4-,15-6+/t18-,19-,22+/m0/s1. The summed E-state index contributed by atoms with van der Waals surface area (Å²) in [6.45, 7) is 7.00. The molecular weight excluding hydrogens is 493 g/mol. The topological polar surface area (TPSA) is 88.7 Å². The molecule has 3 heterocycles. The monoisotopic (exact) mass is 521 g/mol. The SMILES string of the molecule is C=C/C=C\C=C(/C)c1noc(C2CC2)c1CO[C@@H]1C[C@@H]2C[C@H]1CN2c1nc2c(F)cc(C(=O)O)cc2s1. The summed E-state index contributed by atoms with van der Waals surface area (Å²) in [5, 5.41) is 14.4. The van der Waals surface area contributed by atoms with E-state index in [1.54, 1.807) is 6.08 Å². The van der Waals surface area contributed by atoms with Gasteiger partial charge in [-0.15, -0.1) is 0 Å². The second-order valence-corrected chi connectivity index (χ2v) is 11.1. The highest BCUT2D eigenvalue weighted by Crippen LogP contribution is 2.46. The van der Waals surface area contributed by atoms with Crippen molar-refractivity contribution in [2.24, 2.45) is 5.92 Å². The van der Waals surface area contributed by atoms with Crippen molar-refractivity contribution >= 4 is 38.2 Å². The van der Waals surface area contributed by atoms with Crippen LogP contribution in [0.15, 0.2) is 47.5 Å². The van der Waals surface area contributed by atoms with E-state index in [2.05, 4.69) is 21.6 Å². The number of aromatic nitrogens is 2. The van der Waals surface area contributed by atoms with Crippen LogP contribution in [0, 0.1) is 11.7 Å². The molecular formula is C28H28FN3O4S. The third kappa shape index (κ3) is 4.51. The molecule has 2 bridgehead atoms. The Hall–Kier alpha value is -3.30. The lowest BCUT2D eigenvalue weighted by Gasteiger charge is -2.31. The normalized spacial score (nSPS) is 23.6. The van der Waals surface area contributed by atoms with Crippen LogP contribution < -0.4 is 4.90 Å². The Kier molecular flexibility index (Phi) is 6.20. The largest absolute Gasteiger partial charge is 0.478 e. The zero-order valence-corrected chi connectivity index (χ0v) is 21.3. The van der Waals surface area contributed by atoms with Gasteiger partial charge in [0.05, 0.1) is 23.0 Å². The Bertz CT molecular complexity index is 1440. The van der Waals surface area contributed by atoms with Crippen molar-refractivity contribution in [3.05, 3.63) is 71.4 Å². The van der Waals surface area contributed by atoms with E-state index in [1.807, 2.05) is 25.2 Å². The smallest absolute Gasteiger partial charge is 0.335 e. The van der Waals surface area contributed by atoms with Crippen molar-refractivity contribution in [3.63, 3.8) is 0 Å². The molecule has 6 rings (SSSR count). The fourth-order valence-electron chi connectivity index (χ4n) is 5.55. The maximum absolute atomic E-state index is 14.5. The van der Waals surface area contributed by atoms with E-state index in [4.69, 9.17) is 9.26 Å². The van der Waals surface area contributed by atoms with E-state index in [-0.39, 0.29) is 23.2 Å². The highest BCUT2D eigenvalue weighted by molar-refractivity contribution is 7.22. The molecule has 3 fully saturated rings. The summed E-state index contributed by atoms with van der Waals surface area (Å²) in [6.07, 6.45) is 11.8. The molecule has 9 heteroatoms. The molecule has 0 unspecified atom stereocenters. The van der Waals surface area contributed by atoms with Gasteiger partial charge in [-0.25, -0.2) is 14.2 Å². The molecule has 2 saturated carbocycles. The second kappa shape index (κ2) is 9.54. The molecule has 0 spiro atoms. The van der Waals surface area contributed by atoms with Crippen LogP contribution >= 0.6 is 11.3 Å². The number of anilines is 1. The number of aromatic carboxylic acids is 1. The fraction of sp³-hybridized carbons (Fsp3) is 0.393. The molecule has 3 aromatic rings. The second-order valence-electron chi connectivity index (χ2n) is 10.1. The summed E-state index contributed by atoms with van der Waals surface area (Å²) in [5.74, 6) is 0.0145. The van der Waals surface area contributed by atoms with Crippen LogP contribution in [0.3, 0.4) is 0 Å². The molecule has 1 aliphatic heterocycles. The first kappa shape index (κ1) is 24.1. The van der Waals surface area contributed by atoms with E-state index >= 15 is 0 Å². The molecule has 1 saturated heterocycles. The number of carboxylic acid groups (broad SMARTS) is 1. The minimum absolute atomic E-state index is 0.0583. The minimum atomic E-state index is -1.14. The van der Waals surface area contributed by atoms with Crippen LogP contribution in [0.2, 0.25) is 0 Å². The lowest BCUT2D eigenvalue weighted by Crippen LogP contribution is -2.38. The van der Waals surface area contributed by atoms with Crippen LogP contribution in [0.25, 0.3) is 15.8 Å². The number of hydrogen-bond acceptors (Lipinski definition) is 7. The van der Waals surface area contributed by atoms with Crippen molar-refractivity contribution in [2.75, 3.05) is 11.4 Å². The van der Waals surface area contributed by atoms with Gasteiger partial charge in [-0.3, -0.25) is 0 Å². The van der Waals surface area contributed by atoms with Crippen LogP contribution in [0.5, 0.6) is 0 Å². The first-order valence-corrected chi connectivity index (χ1v) is 13.4. The van der Waals surface area contributed by atoms with E-state index in [0.29, 0.717) is 23.1 Å². The molecule has 3 aliphatic rings. The van der Waals surface area contributed by atoms with Gasteiger partial charge in [0.2, 0.25) is 0 Å². The first-order chi connectivity index (χ1) is 17.9. The highest BCUT2D eigenvalue weighted by atomic mass is 32.1. The zero-order valence-electron chi connectivity index (χ0n) is 20.5. The fourth-order valence-corrected chi connectivity index (χ4v) is 6.65. The van der Waals surface area contributed by atoms with E-state index in [1.165, 1.54) is 17.4 Å². The van der Waals surface area contributed by atoms with E-state index in [0.717, 1.165) is 66.0 Å². The van der Waals surface area contributed by atoms with Gasteiger partial charge in [0.1, 0.15) is 17.0 Å². The molecule has 1 aromatic carbocycles. The van der Waals surface area contributed by atoms with Gasteiger partial charge >= 0.3 is 5.97 Å². The Morgan fingerprint density at radius 2 is 2.19 bits per heavy atom. The van der Waals surface area contributed by atoms with Crippen LogP contribution in [-0.4, -0.2) is 39.9 Å². The van der Waals surface area contributed by atoms with Gasteiger partial charge in [0.15, 0.2) is 10.9 Å². The molecule has 0 amide bonds. The molecule has 37 heavy (non-hydrogen) atoms. The molecule has 192 valence electrons. The number of piperidine rings is 1. The van der Waals surface area contributed by atoms with Gasteiger partial charge in [0.25, 0.3) is 0 Å². The van der Waals surface area contributed by atoms with Gasteiger partial charge < -0.3 is 19.3 Å². The van der Waals surface area contributed by atoms with Crippen molar-refractivity contribution in [3.8, 4) is 0 Å². The van der Waals surface area contributed by atoms with Crippen molar-refractivity contribution in [1.82, 2.24) is 10.1 Å². The maximum Gasteiger partial charge on any atom is 0.335 e. The average molecular weight is 522 g/mol. The minimum Gasteiger partial charge on any atom is -0.478 e. The van der Waals surface area contributed by atoms with Crippen molar-refractivity contribution in [1.29, 1.82) is 0 Å². The predicted octanol–water partition coefficient (Wildman–Crippen LogP) is 6.33. The predicted molar refractivity (Wildman–Crippen MR) is 140 cm³/mol. The summed E-state index contributed by atoms with van der Waals surface area (Å²) in [5.41, 5.74) is 3.12. The highest BCUT2D eigenvalue weighted by Gasteiger charge is 2.46. The molecule has 2 aliphatic carbocycles. The number of carbonyl (C=O) groups is 1. The number of carboxylic acids is 1. The number of nitrogens with zero attached hydrogens (tertiary/aromatic N) is 3. The van der Waals surface area contributed by atoms with E-state index in [9.17, 15) is 14.3 Å². The van der Waals surface area contributed by atoms with Gasteiger partial charge in [-0.2, -0.15) is 0 Å². The van der Waals surface area contributed by atoms with Crippen molar-refractivity contribution < 1.29 is 23.6 Å². The molecule has 3 atom stereocenters. The summed E-state index contributed by atoms with van der Waals surface area (Å²) in [7, 11) is 0. The number of allylic oxidation sites excluding steroid dienone is 5. The number of benzene rings is 1. The van der Waals surface area contributed by atoms with Crippen molar-refractivity contribution in [2.45, 2.75) is 57.3 Å². The number of hydrogen-bond donors (Lipinski definition) is 1. The van der Waals surface area contributed by atoms with Crippen LogP contribution in [0.4, 0.5) is 9.52 Å². The number of halogens is 1. The number of fused-ring (bicyclic) bond motifs is 3. The summed E-state index contributed by atoms with van der Waals surface area (Å²) in [4.78, 5) is 18.1. The van der Waals surface area contributed by atoms with Gasteiger partial charge in [0, 0.05) is 30.0 Å². The zero-order chi connectivity index (χ0) is 25.7. The quantitative estimate of drug-likeness (QED) is 0.329. The average Bonchev–Trinajstić information content (AvgIpc) is 3.23. The number of ether oxygens (including phenoxy) is 1. The Balaban J connectivity index is 1.16. The van der Waals surface area contributed by atoms with Crippen LogP contribution in [0.1, 0.15) is 65.9 Å². The maximum atomic E-state index is 14.5. The summed E-state index contributed by atoms with van der Waals surface area (Å²) in [6, 6.07) is 2.81. The molecule has 1 N–H and O–H groups in total. The van der Waals surface area contributed by atoms with E-state index < -0.39 is 11.8 Å². The van der Waals surface area contributed by atoms with Gasteiger partial charge in [-0.05, 0) is 50.3 Å². The third-order valence-corrected chi connectivity index (χ3v) is 8.62. The van der Waals surface area contributed by atoms with Gasteiger partial charge in [-0.1, -0.05) is 47.4 Å². The first-order valence-electron chi connectivity index (χ1n) is 12.6. The summed E-state index contributed by atoms with van der Waals surface area (Å²) < 4.78 is 27.3. The third-order valence-electron chi connectivity index (χ3n) is 7.58. The number of rotatable bonds is 9. The lowest BCUT2D eigenvalue weighted by molar-refractivity contribution is 0.0120. The number of thiazole rings is 1. The Labute approximate surface area is 217 Å². The lowest BCUT2D eigenvalue weighted by atomic mass is 10.0.